The average molecular weight is 375 g/mol. The summed E-state index contributed by atoms with van der Waals surface area (Å²) in [5.41, 5.74) is 9.36. The highest BCUT2D eigenvalue weighted by Crippen LogP contribution is 2.09. The Morgan fingerprint density at radius 1 is 1.11 bits per heavy atom. The van der Waals surface area contributed by atoms with Crippen LogP contribution in [0.2, 0.25) is 0 Å². The minimum Gasteiger partial charge on any atom is -0.480 e. The van der Waals surface area contributed by atoms with Gasteiger partial charge in [0.15, 0.2) is 0 Å². The summed E-state index contributed by atoms with van der Waals surface area (Å²) >= 11 is 0. The highest BCUT2D eigenvalue weighted by atomic mass is 16.4. The van der Waals surface area contributed by atoms with Crippen LogP contribution in [0.3, 0.4) is 0 Å². The molecule has 9 nitrogen and oxygen atoms in total. The van der Waals surface area contributed by atoms with Gasteiger partial charge in [0.25, 0.3) is 0 Å². The molecule has 2 amide bonds. The Kier molecular flexibility index (Phi) is 8.81. The second kappa shape index (κ2) is 10.8. The van der Waals surface area contributed by atoms with Crippen molar-refractivity contribution in [1.29, 1.82) is 0 Å². The zero-order chi connectivity index (χ0) is 20.4. The molecule has 1 aromatic carbocycles. The van der Waals surface area contributed by atoms with E-state index in [0.717, 1.165) is 5.56 Å². The number of aliphatic carboxylic acids is 1. The molecule has 0 spiro atoms. The Hall–Kier alpha value is -3.06. The summed E-state index contributed by atoms with van der Waals surface area (Å²) < 4.78 is 0. The van der Waals surface area contributed by atoms with Gasteiger partial charge in [-0.05, 0) is 30.4 Å². The lowest BCUT2D eigenvalue weighted by molar-refractivity contribution is -0.142. The zero-order valence-corrected chi connectivity index (χ0v) is 15.6. The summed E-state index contributed by atoms with van der Waals surface area (Å²) in [6.07, 6.45) is 0.466. The topological polar surface area (TPSA) is 144 Å². The van der Waals surface area contributed by atoms with Crippen LogP contribution in [0, 0.1) is 5.92 Å². The van der Waals surface area contributed by atoms with Crippen molar-refractivity contribution in [2.45, 2.75) is 51.7 Å². The van der Waals surface area contributed by atoms with Crippen molar-refractivity contribution in [3.63, 3.8) is 0 Å². The minimum absolute atomic E-state index is 0.122. The number of amides is 2. The smallest absolute Gasteiger partial charge is 0.326 e. The lowest BCUT2D eigenvalue weighted by Crippen LogP contribution is -2.52. The van der Waals surface area contributed by atoms with Crippen LogP contribution in [0.25, 0.3) is 10.4 Å². The minimum atomic E-state index is -1.17. The molecule has 9 heteroatoms. The Morgan fingerprint density at radius 2 is 1.74 bits per heavy atom. The van der Waals surface area contributed by atoms with Crippen LogP contribution in [0.4, 0.5) is 0 Å². The van der Waals surface area contributed by atoms with Crippen LogP contribution in [0.15, 0.2) is 35.4 Å². The van der Waals surface area contributed by atoms with Crippen molar-refractivity contribution in [3.8, 4) is 0 Å². The number of nitrogens with zero attached hydrogens (tertiary/aromatic N) is 3. The van der Waals surface area contributed by atoms with Gasteiger partial charge >= 0.3 is 5.97 Å². The Morgan fingerprint density at radius 3 is 2.26 bits per heavy atom. The molecule has 0 aliphatic carbocycles. The molecule has 0 bridgehead atoms. The maximum Gasteiger partial charge on any atom is 0.326 e. The van der Waals surface area contributed by atoms with Gasteiger partial charge in [-0.3, -0.25) is 9.59 Å². The van der Waals surface area contributed by atoms with Gasteiger partial charge in [0.05, 0.1) is 0 Å². The van der Waals surface area contributed by atoms with Crippen LogP contribution < -0.4 is 10.6 Å². The van der Waals surface area contributed by atoms with Gasteiger partial charge < -0.3 is 15.7 Å². The molecular formula is C18H25N5O4. The van der Waals surface area contributed by atoms with Crippen molar-refractivity contribution < 1.29 is 19.5 Å². The number of rotatable bonds is 10. The maximum atomic E-state index is 12.3. The van der Waals surface area contributed by atoms with E-state index in [9.17, 15) is 19.5 Å². The highest BCUT2D eigenvalue weighted by Gasteiger charge is 2.26. The number of carboxylic acid groups (broad SMARTS) is 1. The Balaban J connectivity index is 2.71. The first-order valence-corrected chi connectivity index (χ1v) is 8.66. The second-order valence-corrected chi connectivity index (χ2v) is 6.67. The van der Waals surface area contributed by atoms with Crippen molar-refractivity contribution in [3.05, 3.63) is 46.3 Å². The summed E-state index contributed by atoms with van der Waals surface area (Å²) in [7, 11) is 0. The van der Waals surface area contributed by atoms with Crippen LogP contribution in [0.1, 0.15) is 32.8 Å². The van der Waals surface area contributed by atoms with Gasteiger partial charge in [0.1, 0.15) is 18.1 Å². The van der Waals surface area contributed by atoms with Crippen molar-refractivity contribution in [2.24, 2.45) is 11.0 Å². The maximum absolute atomic E-state index is 12.3. The summed E-state index contributed by atoms with van der Waals surface area (Å²) in [5.74, 6) is -2.25. The van der Waals surface area contributed by atoms with Crippen molar-refractivity contribution >= 4 is 17.8 Å². The zero-order valence-electron chi connectivity index (χ0n) is 15.6. The van der Waals surface area contributed by atoms with Crippen LogP contribution in [0.5, 0.6) is 0 Å². The number of carbonyl (C=O) groups is 3. The quantitative estimate of drug-likeness (QED) is 0.326. The molecule has 0 fully saturated rings. The summed E-state index contributed by atoms with van der Waals surface area (Å²) in [4.78, 5) is 38.6. The third kappa shape index (κ3) is 7.79. The first-order chi connectivity index (χ1) is 12.7. The third-order valence-corrected chi connectivity index (χ3v) is 3.84. The highest BCUT2D eigenvalue weighted by molar-refractivity contribution is 5.91. The number of benzene rings is 1. The molecule has 3 N–H and O–H groups in total. The Bertz CT molecular complexity index is 701. The van der Waals surface area contributed by atoms with Gasteiger partial charge in [-0.2, -0.15) is 0 Å². The molecule has 0 unspecified atom stereocenters. The molecule has 0 saturated heterocycles. The molecule has 0 aliphatic heterocycles. The molecule has 0 aromatic heterocycles. The molecular weight excluding hydrogens is 350 g/mol. The molecule has 0 radical (unpaired) electrons. The normalized spacial score (nSPS) is 13.8. The first-order valence-electron chi connectivity index (χ1n) is 8.66. The van der Waals surface area contributed by atoms with E-state index in [1.54, 1.807) is 24.3 Å². The van der Waals surface area contributed by atoms with E-state index in [0.29, 0.717) is 6.42 Å². The molecule has 0 heterocycles. The summed E-state index contributed by atoms with van der Waals surface area (Å²) in [6, 6.07) is 5.89. The standard InChI is InChI=1S/C18H25N5O4/c1-11(2)9-14(22-23-19)17(25)20-12(3)16(24)21-15(18(26)27)10-13-7-5-4-6-8-13/h4-8,11-12,14-15H,9-10H2,1-3H3,(H,20,25)(H,21,24)(H,26,27)/t12-,14-,15-/m0/s1. The second-order valence-electron chi connectivity index (χ2n) is 6.67. The van der Waals surface area contributed by atoms with E-state index < -0.39 is 35.9 Å². The van der Waals surface area contributed by atoms with Crippen molar-refractivity contribution in [1.82, 2.24) is 10.6 Å². The van der Waals surface area contributed by atoms with E-state index >= 15 is 0 Å². The van der Waals surface area contributed by atoms with Gasteiger partial charge in [-0.25, -0.2) is 4.79 Å². The molecule has 3 atom stereocenters. The average Bonchev–Trinajstić information content (AvgIpc) is 2.61. The SMILES string of the molecule is CC(C)C[C@H](N=[N+]=[N-])C(=O)N[C@@H](C)C(=O)N[C@@H](Cc1ccccc1)C(=O)O. The van der Waals surface area contributed by atoms with Gasteiger partial charge in [0, 0.05) is 11.3 Å². The van der Waals surface area contributed by atoms with Gasteiger partial charge in [0.2, 0.25) is 11.8 Å². The number of hydrogen-bond donors (Lipinski definition) is 3. The number of carboxylic acids is 1. The summed E-state index contributed by atoms with van der Waals surface area (Å²) in [6.45, 7) is 5.20. The van der Waals surface area contributed by atoms with Gasteiger partial charge in [-0.1, -0.05) is 49.3 Å². The van der Waals surface area contributed by atoms with Gasteiger partial charge in [-0.15, -0.1) is 0 Å². The van der Waals surface area contributed by atoms with Crippen LogP contribution >= 0.6 is 0 Å². The number of azide groups is 1. The lowest BCUT2D eigenvalue weighted by atomic mass is 10.0. The molecule has 0 saturated carbocycles. The third-order valence-electron chi connectivity index (χ3n) is 3.84. The van der Waals surface area contributed by atoms with Crippen LogP contribution in [-0.4, -0.2) is 41.0 Å². The number of nitrogens with one attached hydrogen (secondary N) is 2. The van der Waals surface area contributed by atoms with Crippen LogP contribution in [-0.2, 0) is 20.8 Å². The largest absolute Gasteiger partial charge is 0.480 e. The monoisotopic (exact) mass is 375 g/mol. The molecule has 0 aliphatic rings. The lowest BCUT2D eigenvalue weighted by Gasteiger charge is -2.20. The fraction of sp³-hybridized carbons (Fsp3) is 0.500. The van der Waals surface area contributed by atoms with E-state index in [2.05, 4.69) is 20.7 Å². The fourth-order valence-electron chi connectivity index (χ4n) is 2.44. The number of hydrogen-bond acceptors (Lipinski definition) is 4. The van der Waals surface area contributed by atoms with E-state index in [1.807, 2.05) is 19.9 Å². The predicted octanol–water partition coefficient (Wildman–Crippen LogP) is 2.03. The molecule has 1 rings (SSSR count). The fourth-order valence-corrected chi connectivity index (χ4v) is 2.44. The van der Waals surface area contributed by atoms with E-state index in [-0.39, 0.29) is 12.3 Å². The number of carbonyl (C=O) groups excluding carboxylic acids is 2. The molecule has 146 valence electrons. The van der Waals surface area contributed by atoms with E-state index in [1.165, 1.54) is 6.92 Å². The predicted molar refractivity (Wildman–Crippen MR) is 99.7 cm³/mol. The first kappa shape index (κ1) is 22.0. The molecule has 1 aromatic rings. The summed E-state index contributed by atoms with van der Waals surface area (Å²) in [5, 5.41) is 17.7. The Labute approximate surface area is 157 Å². The van der Waals surface area contributed by atoms with Crippen molar-refractivity contribution in [2.75, 3.05) is 0 Å². The molecule has 27 heavy (non-hydrogen) atoms. The van der Waals surface area contributed by atoms with E-state index in [4.69, 9.17) is 5.53 Å².